The van der Waals surface area contributed by atoms with Gasteiger partial charge in [0.25, 0.3) is 5.91 Å². The van der Waals surface area contributed by atoms with Crippen LogP contribution in [0.5, 0.6) is 0 Å². The fourth-order valence-electron chi connectivity index (χ4n) is 2.95. The lowest BCUT2D eigenvalue weighted by molar-refractivity contribution is -0.895. The van der Waals surface area contributed by atoms with Crippen LogP contribution in [0.25, 0.3) is 0 Å². The Morgan fingerprint density at radius 2 is 2.08 bits per heavy atom. The number of likely N-dealkylation sites (N-methyl/N-ethyl adjacent to an activating group) is 1. The van der Waals surface area contributed by atoms with Crippen molar-refractivity contribution in [2.45, 2.75) is 24.3 Å². The predicted molar refractivity (Wildman–Crippen MR) is 107 cm³/mol. The third-order valence-electron chi connectivity index (χ3n) is 4.27. The number of anilines is 1. The number of thiophene rings is 1. The number of nitrogens with one attached hydrogen (secondary N) is 2. The van der Waals surface area contributed by atoms with E-state index in [1.165, 1.54) is 16.2 Å². The topological polar surface area (TPSA) is 76.6 Å². The van der Waals surface area contributed by atoms with Gasteiger partial charge in [-0.3, -0.25) is 9.59 Å². The molecule has 1 aromatic carbocycles. The first kappa shape index (κ1) is 19.2. The van der Waals surface area contributed by atoms with Gasteiger partial charge in [0.15, 0.2) is 0 Å². The van der Waals surface area contributed by atoms with E-state index in [0.29, 0.717) is 27.8 Å². The third-order valence-corrected chi connectivity index (χ3v) is 6.68. The van der Waals surface area contributed by atoms with E-state index in [-0.39, 0.29) is 5.91 Å². The number of carbonyl (C=O) groups is 2. The summed E-state index contributed by atoms with van der Waals surface area (Å²) in [5, 5.41) is 4.19. The van der Waals surface area contributed by atoms with Crippen LogP contribution in [-0.2, 0) is 17.8 Å². The molecule has 0 saturated heterocycles. The fraction of sp³-hybridized carbons (Fsp3) is 0.333. The molecular weight excluding hydrogens is 390 g/mol. The molecule has 0 spiro atoms. The van der Waals surface area contributed by atoms with Crippen LogP contribution >= 0.6 is 34.7 Å². The molecule has 0 saturated carbocycles. The van der Waals surface area contributed by atoms with Crippen LogP contribution in [0.15, 0.2) is 29.2 Å². The van der Waals surface area contributed by atoms with Crippen molar-refractivity contribution >= 4 is 51.5 Å². The quantitative estimate of drug-likeness (QED) is 0.639. The first-order chi connectivity index (χ1) is 12.4. The van der Waals surface area contributed by atoms with Crippen molar-refractivity contribution in [1.29, 1.82) is 0 Å². The van der Waals surface area contributed by atoms with Crippen LogP contribution in [0, 0.1) is 0 Å². The largest absolute Gasteiger partial charge is 0.365 e. The molecule has 0 bridgehead atoms. The van der Waals surface area contributed by atoms with Crippen LogP contribution < -0.4 is 16.0 Å². The number of amides is 2. The Bertz CT molecular complexity index is 821. The molecule has 1 atom stereocenters. The molecule has 1 aliphatic rings. The van der Waals surface area contributed by atoms with E-state index >= 15 is 0 Å². The van der Waals surface area contributed by atoms with Crippen LogP contribution in [0.2, 0.25) is 5.02 Å². The first-order valence-electron chi connectivity index (χ1n) is 8.38. The number of carbonyl (C=O) groups excluding carboxylic acids is 2. The number of fused-ring (bicyclic) bond motifs is 1. The maximum atomic E-state index is 12.3. The minimum Gasteiger partial charge on any atom is -0.365 e. The number of benzene rings is 1. The average molecular weight is 411 g/mol. The summed E-state index contributed by atoms with van der Waals surface area (Å²) < 4.78 is 0. The maximum Gasteiger partial charge on any atom is 0.252 e. The van der Waals surface area contributed by atoms with Gasteiger partial charge in [0.05, 0.1) is 24.0 Å². The van der Waals surface area contributed by atoms with E-state index in [4.69, 9.17) is 17.3 Å². The van der Waals surface area contributed by atoms with Gasteiger partial charge < -0.3 is 16.0 Å². The highest BCUT2D eigenvalue weighted by Gasteiger charge is 2.28. The van der Waals surface area contributed by atoms with E-state index in [2.05, 4.69) is 12.4 Å². The normalized spacial score (nSPS) is 16.2. The number of hydrogen-bond donors (Lipinski definition) is 3. The molecule has 0 fully saturated rings. The highest BCUT2D eigenvalue weighted by Crippen LogP contribution is 2.34. The van der Waals surface area contributed by atoms with Crippen LogP contribution in [-0.4, -0.2) is 31.2 Å². The van der Waals surface area contributed by atoms with Crippen LogP contribution in [0.3, 0.4) is 0 Å². The molecule has 1 aromatic heterocycles. The highest BCUT2D eigenvalue weighted by molar-refractivity contribution is 7.99. The van der Waals surface area contributed by atoms with Crippen molar-refractivity contribution < 1.29 is 14.5 Å². The number of nitrogens with two attached hydrogens (primary N) is 1. The number of thioether (sulfide) groups is 1. The van der Waals surface area contributed by atoms with Gasteiger partial charge in [0, 0.05) is 28.5 Å². The standard InChI is InChI=1S/C18H20ClN3O2S2/c1-22-8-6-13-14(10-22)26-18(16(13)17(20)24)21-15(23)7-9-25-12-4-2-11(19)3-5-12/h2-5H,6-10H2,1H3,(H2,20,24)(H,21,23)/p+1. The van der Waals surface area contributed by atoms with E-state index in [1.807, 2.05) is 24.3 Å². The van der Waals surface area contributed by atoms with E-state index in [0.717, 1.165) is 34.8 Å². The minimum absolute atomic E-state index is 0.103. The molecule has 0 aliphatic carbocycles. The SMILES string of the molecule is C[NH+]1CCc2c(sc(NC(=O)CCSc3ccc(Cl)cc3)c2C(N)=O)C1. The van der Waals surface area contributed by atoms with Crippen molar-refractivity contribution in [3.63, 3.8) is 0 Å². The Balaban J connectivity index is 1.62. The molecule has 2 heterocycles. The summed E-state index contributed by atoms with van der Waals surface area (Å²) in [6.07, 6.45) is 1.18. The molecule has 2 amide bonds. The second-order valence-electron chi connectivity index (χ2n) is 6.31. The monoisotopic (exact) mass is 410 g/mol. The Kier molecular flexibility index (Phi) is 6.24. The molecular formula is C18H21ClN3O2S2+. The van der Waals surface area contributed by atoms with Gasteiger partial charge in [-0.15, -0.1) is 23.1 Å². The van der Waals surface area contributed by atoms with Gasteiger partial charge >= 0.3 is 0 Å². The zero-order chi connectivity index (χ0) is 18.7. The number of quaternary nitrogens is 1. The average Bonchev–Trinajstić information content (AvgIpc) is 2.93. The van der Waals surface area contributed by atoms with Crippen LogP contribution in [0.1, 0.15) is 27.2 Å². The van der Waals surface area contributed by atoms with Crippen molar-refractivity contribution in [2.75, 3.05) is 24.7 Å². The zero-order valence-electron chi connectivity index (χ0n) is 14.4. The number of rotatable bonds is 6. The van der Waals surface area contributed by atoms with Gasteiger partial charge in [-0.25, -0.2) is 0 Å². The molecule has 4 N–H and O–H groups in total. The Hall–Kier alpha value is -1.54. The lowest BCUT2D eigenvalue weighted by Gasteiger charge is -2.19. The van der Waals surface area contributed by atoms with Gasteiger partial charge in [-0.1, -0.05) is 11.6 Å². The van der Waals surface area contributed by atoms with Crippen molar-refractivity contribution in [3.8, 4) is 0 Å². The molecule has 138 valence electrons. The summed E-state index contributed by atoms with van der Waals surface area (Å²) >= 11 is 8.94. The summed E-state index contributed by atoms with van der Waals surface area (Å²) in [6, 6.07) is 7.53. The number of hydrogen-bond acceptors (Lipinski definition) is 4. The Morgan fingerprint density at radius 1 is 1.35 bits per heavy atom. The second kappa shape index (κ2) is 8.43. The Morgan fingerprint density at radius 3 is 2.77 bits per heavy atom. The smallest absolute Gasteiger partial charge is 0.252 e. The Labute approximate surface area is 165 Å². The number of primary amides is 1. The molecule has 2 aromatic rings. The lowest BCUT2D eigenvalue weighted by atomic mass is 10.0. The van der Waals surface area contributed by atoms with Gasteiger partial charge in [0.2, 0.25) is 5.91 Å². The molecule has 1 unspecified atom stereocenters. The zero-order valence-corrected chi connectivity index (χ0v) is 16.8. The molecule has 1 aliphatic heterocycles. The van der Waals surface area contributed by atoms with E-state index < -0.39 is 5.91 Å². The molecule has 0 radical (unpaired) electrons. The summed E-state index contributed by atoms with van der Waals surface area (Å²) in [6.45, 7) is 1.83. The minimum atomic E-state index is -0.465. The fourth-order valence-corrected chi connectivity index (χ4v) is 5.31. The van der Waals surface area contributed by atoms with E-state index in [9.17, 15) is 9.59 Å². The van der Waals surface area contributed by atoms with Gasteiger partial charge in [0.1, 0.15) is 11.5 Å². The molecule has 8 heteroatoms. The maximum absolute atomic E-state index is 12.3. The van der Waals surface area contributed by atoms with E-state index in [1.54, 1.807) is 11.8 Å². The highest BCUT2D eigenvalue weighted by atomic mass is 35.5. The van der Waals surface area contributed by atoms with Crippen LogP contribution in [0.4, 0.5) is 5.00 Å². The molecule has 3 rings (SSSR count). The number of halogens is 1. The van der Waals surface area contributed by atoms with Gasteiger partial charge in [-0.05, 0) is 29.8 Å². The molecule has 26 heavy (non-hydrogen) atoms. The first-order valence-corrected chi connectivity index (χ1v) is 10.6. The third kappa shape index (κ3) is 4.59. The van der Waals surface area contributed by atoms with Gasteiger partial charge in [-0.2, -0.15) is 0 Å². The lowest BCUT2D eigenvalue weighted by Crippen LogP contribution is -3.08. The summed E-state index contributed by atoms with van der Waals surface area (Å²) in [5.74, 6) is 0.0818. The molecule has 5 nitrogen and oxygen atoms in total. The summed E-state index contributed by atoms with van der Waals surface area (Å²) in [5.41, 5.74) is 7.09. The van der Waals surface area contributed by atoms with Crippen molar-refractivity contribution in [1.82, 2.24) is 0 Å². The predicted octanol–water partition coefficient (Wildman–Crippen LogP) is 2.19. The second-order valence-corrected chi connectivity index (χ2v) is 9.02. The summed E-state index contributed by atoms with van der Waals surface area (Å²) in [4.78, 5) is 27.8. The van der Waals surface area contributed by atoms with Crippen molar-refractivity contribution in [3.05, 3.63) is 45.3 Å². The summed E-state index contributed by atoms with van der Waals surface area (Å²) in [7, 11) is 2.12. The van der Waals surface area contributed by atoms with Crippen molar-refractivity contribution in [2.24, 2.45) is 5.73 Å².